The molecular formula is C23H20F2N4O2S. The highest BCUT2D eigenvalue weighted by Crippen LogP contribution is 2.25. The van der Waals surface area contributed by atoms with Crippen LogP contribution in [0.25, 0.3) is 11.3 Å². The Hall–Kier alpha value is -3.46. The van der Waals surface area contributed by atoms with Gasteiger partial charge >= 0.3 is 0 Å². The van der Waals surface area contributed by atoms with Crippen molar-refractivity contribution >= 4 is 11.8 Å². The second kappa shape index (κ2) is 9.35. The summed E-state index contributed by atoms with van der Waals surface area (Å²) in [5.74, 6) is -0.722. The first kappa shape index (κ1) is 21.8. The molecule has 0 saturated heterocycles. The fourth-order valence-corrected chi connectivity index (χ4v) is 4.11. The SMILES string of the molecule is CCc1c(Cc2c(F)cccc2F)nc(SCc2cc(-c3ccc(O)cc3)[nH]n2)[nH]c1=O. The van der Waals surface area contributed by atoms with E-state index in [0.29, 0.717) is 28.6 Å². The van der Waals surface area contributed by atoms with Crippen molar-refractivity contribution in [3.8, 4) is 17.0 Å². The molecule has 0 radical (unpaired) electrons. The van der Waals surface area contributed by atoms with E-state index in [4.69, 9.17) is 0 Å². The normalized spacial score (nSPS) is 11.1. The molecule has 0 atom stereocenters. The van der Waals surface area contributed by atoms with E-state index in [0.717, 1.165) is 17.0 Å². The lowest BCUT2D eigenvalue weighted by Gasteiger charge is -2.10. The van der Waals surface area contributed by atoms with Crippen molar-refractivity contribution in [3.63, 3.8) is 0 Å². The Morgan fingerprint density at radius 2 is 1.78 bits per heavy atom. The Morgan fingerprint density at radius 1 is 1.06 bits per heavy atom. The maximum atomic E-state index is 14.1. The molecule has 0 spiro atoms. The first-order chi connectivity index (χ1) is 15.4. The predicted octanol–water partition coefficient (Wildman–Crippen LogP) is 4.59. The van der Waals surface area contributed by atoms with E-state index in [1.807, 2.05) is 6.07 Å². The molecule has 2 heterocycles. The fraction of sp³-hybridized carbons (Fsp3) is 0.174. The number of benzene rings is 2. The van der Waals surface area contributed by atoms with Crippen molar-refractivity contribution in [1.82, 2.24) is 20.2 Å². The maximum absolute atomic E-state index is 14.1. The van der Waals surface area contributed by atoms with Crippen molar-refractivity contribution < 1.29 is 13.9 Å². The summed E-state index contributed by atoms with van der Waals surface area (Å²) in [6, 6.07) is 12.3. The largest absolute Gasteiger partial charge is 0.508 e. The van der Waals surface area contributed by atoms with Gasteiger partial charge in [-0.05, 0) is 54.4 Å². The number of aromatic amines is 2. The maximum Gasteiger partial charge on any atom is 0.254 e. The lowest BCUT2D eigenvalue weighted by Crippen LogP contribution is -2.19. The van der Waals surface area contributed by atoms with E-state index >= 15 is 0 Å². The second-order valence-corrected chi connectivity index (χ2v) is 8.10. The van der Waals surface area contributed by atoms with Crippen LogP contribution in [-0.4, -0.2) is 25.3 Å². The number of nitrogens with one attached hydrogen (secondary N) is 2. The number of hydrogen-bond acceptors (Lipinski definition) is 5. The average Bonchev–Trinajstić information content (AvgIpc) is 3.24. The molecule has 0 unspecified atom stereocenters. The summed E-state index contributed by atoms with van der Waals surface area (Å²) in [7, 11) is 0. The van der Waals surface area contributed by atoms with Gasteiger partial charge in [-0.15, -0.1) is 0 Å². The number of aromatic hydroxyl groups is 1. The molecule has 0 aliphatic rings. The molecule has 3 N–H and O–H groups in total. The molecule has 4 aromatic rings. The zero-order valence-electron chi connectivity index (χ0n) is 17.2. The molecule has 0 fully saturated rings. The molecule has 4 rings (SSSR count). The van der Waals surface area contributed by atoms with Gasteiger partial charge in [-0.25, -0.2) is 13.8 Å². The highest BCUT2D eigenvalue weighted by atomic mass is 32.2. The molecule has 164 valence electrons. The van der Waals surface area contributed by atoms with Gasteiger partial charge in [0.15, 0.2) is 5.16 Å². The molecule has 2 aromatic heterocycles. The molecule has 32 heavy (non-hydrogen) atoms. The standard InChI is InChI=1S/C23H20F2N4O2S/c1-2-16-21(11-17-18(24)4-3-5-19(17)25)26-23(27-22(16)31)32-12-14-10-20(29-28-14)13-6-8-15(30)9-7-13/h3-10,30H,2,11-12H2,1H3,(H,28,29)(H,26,27,31). The summed E-state index contributed by atoms with van der Waals surface area (Å²) in [4.78, 5) is 19.8. The fourth-order valence-electron chi connectivity index (χ4n) is 3.34. The highest BCUT2D eigenvalue weighted by Gasteiger charge is 2.16. The minimum atomic E-state index is -0.665. The van der Waals surface area contributed by atoms with Crippen LogP contribution in [0, 0.1) is 11.6 Å². The average molecular weight is 455 g/mol. The minimum Gasteiger partial charge on any atom is -0.508 e. The van der Waals surface area contributed by atoms with Gasteiger partial charge in [0.25, 0.3) is 5.56 Å². The van der Waals surface area contributed by atoms with Gasteiger partial charge in [0.05, 0.1) is 17.1 Å². The molecule has 0 aliphatic carbocycles. The van der Waals surface area contributed by atoms with E-state index in [9.17, 15) is 18.7 Å². The third kappa shape index (κ3) is 4.72. The van der Waals surface area contributed by atoms with Crippen LogP contribution in [-0.2, 0) is 18.6 Å². The molecule has 0 bridgehead atoms. The third-order valence-electron chi connectivity index (χ3n) is 5.00. The van der Waals surface area contributed by atoms with Crippen molar-refractivity contribution in [2.75, 3.05) is 0 Å². The van der Waals surface area contributed by atoms with Gasteiger partial charge in [-0.2, -0.15) is 5.10 Å². The smallest absolute Gasteiger partial charge is 0.254 e. The molecule has 6 nitrogen and oxygen atoms in total. The zero-order chi connectivity index (χ0) is 22.7. The topological polar surface area (TPSA) is 94.7 Å². The molecular weight excluding hydrogens is 434 g/mol. The zero-order valence-corrected chi connectivity index (χ0v) is 18.0. The molecule has 0 aliphatic heterocycles. The van der Waals surface area contributed by atoms with Crippen molar-refractivity contribution in [3.05, 3.63) is 93.0 Å². The van der Waals surface area contributed by atoms with Gasteiger partial charge in [-0.1, -0.05) is 24.8 Å². The van der Waals surface area contributed by atoms with Crippen molar-refractivity contribution in [2.24, 2.45) is 0 Å². The van der Waals surface area contributed by atoms with Gasteiger partial charge < -0.3 is 10.1 Å². The number of aromatic nitrogens is 4. The Labute approximate surface area is 186 Å². The molecule has 9 heteroatoms. The van der Waals surface area contributed by atoms with Crippen LogP contribution in [0.1, 0.15) is 29.4 Å². The summed E-state index contributed by atoms with van der Waals surface area (Å²) >= 11 is 1.27. The summed E-state index contributed by atoms with van der Waals surface area (Å²) in [6.45, 7) is 1.80. The monoisotopic (exact) mass is 454 g/mol. The number of nitrogens with zero attached hydrogens (tertiary/aromatic N) is 2. The van der Waals surface area contributed by atoms with Gasteiger partial charge in [-0.3, -0.25) is 9.89 Å². The quantitative estimate of drug-likeness (QED) is 0.281. The Bertz CT molecular complexity index is 1280. The van der Waals surface area contributed by atoms with Crippen LogP contribution in [0.3, 0.4) is 0 Å². The number of rotatable bonds is 7. The number of phenolic OH excluding ortho intramolecular Hbond substituents is 1. The first-order valence-electron chi connectivity index (χ1n) is 9.96. The van der Waals surface area contributed by atoms with Gasteiger partial charge in [0.2, 0.25) is 0 Å². The summed E-state index contributed by atoms with van der Waals surface area (Å²) in [5.41, 5.74) is 2.74. The summed E-state index contributed by atoms with van der Waals surface area (Å²) in [6.07, 6.45) is 0.292. The second-order valence-electron chi connectivity index (χ2n) is 7.14. The van der Waals surface area contributed by atoms with Gasteiger partial charge in [0, 0.05) is 23.3 Å². The number of thioether (sulfide) groups is 1. The van der Waals surface area contributed by atoms with Crippen molar-refractivity contribution in [2.45, 2.75) is 30.7 Å². The van der Waals surface area contributed by atoms with Crippen LogP contribution < -0.4 is 5.56 Å². The third-order valence-corrected chi connectivity index (χ3v) is 5.91. The number of hydrogen-bond donors (Lipinski definition) is 3. The van der Waals surface area contributed by atoms with Crippen LogP contribution in [0.4, 0.5) is 8.78 Å². The predicted molar refractivity (Wildman–Crippen MR) is 119 cm³/mol. The van der Waals surface area contributed by atoms with E-state index in [1.54, 1.807) is 31.2 Å². The first-order valence-corrected chi connectivity index (χ1v) is 10.9. The summed E-state index contributed by atoms with van der Waals surface area (Å²) < 4.78 is 28.2. The lowest BCUT2D eigenvalue weighted by atomic mass is 10.0. The molecule has 0 saturated carbocycles. The van der Waals surface area contributed by atoms with Crippen LogP contribution in [0.2, 0.25) is 0 Å². The van der Waals surface area contributed by atoms with Crippen molar-refractivity contribution in [1.29, 1.82) is 0 Å². The Balaban J connectivity index is 1.55. The Kier molecular flexibility index (Phi) is 6.36. The summed E-state index contributed by atoms with van der Waals surface area (Å²) in [5, 5.41) is 17.0. The van der Waals surface area contributed by atoms with E-state index < -0.39 is 11.6 Å². The van der Waals surface area contributed by atoms with E-state index in [1.165, 1.54) is 30.0 Å². The minimum absolute atomic E-state index is 0.105. The number of H-pyrrole nitrogens is 2. The van der Waals surface area contributed by atoms with E-state index in [-0.39, 0.29) is 23.3 Å². The number of phenols is 1. The number of halogens is 2. The van der Waals surface area contributed by atoms with Crippen LogP contribution >= 0.6 is 11.8 Å². The molecule has 0 amide bonds. The lowest BCUT2D eigenvalue weighted by molar-refractivity contribution is 0.475. The molecule has 2 aromatic carbocycles. The Morgan fingerprint density at radius 3 is 2.47 bits per heavy atom. The highest BCUT2D eigenvalue weighted by molar-refractivity contribution is 7.98. The van der Waals surface area contributed by atoms with E-state index in [2.05, 4.69) is 20.2 Å². The van der Waals surface area contributed by atoms with Gasteiger partial charge in [0.1, 0.15) is 17.4 Å². The van der Waals surface area contributed by atoms with Crippen LogP contribution in [0.15, 0.2) is 58.5 Å². The van der Waals surface area contributed by atoms with Crippen LogP contribution in [0.5, 0.6) is 5.75 Å².